The molecule has 7 nitrogen and oxygen atoms in total. The molecule has 0 fully saturated rings. The molecular weight excluding hydrogens is 368 g/mol. The summed E-state index contributed by atoms with van der Waals surface area (Å²) in [6.07, 6.45) is 3.36. The molecule has 0 atom stereocenters. The lowest BCUT2D eigenvalue weighted by molar-refractivity contribution is 0.100. The second-order valence-corrected chi connectivity index (χ2v) is 6.84. The lowest BCUT2D eigenvalue weighted by Gasteiger charge is -2.10. The van der Waals surface area contributed by atoms with Crippen molar-refractivity contribution in [2.45, 2.75) is 0 Å². The molecule has 7 heteroatoms. The minimum absolute atomic E-state index is 0.172. The van der Waals surface area contributed by atoms with Crippen molar-refractivity contribution < 1.29 is 14.3 Å². The van der Waals surface area contributed by atoms with E-state index in [-0.39, 0.29) is 6.79 Å². The average molecular weight is 382 g/mol. The number of fused-ring (bicyclic) bond motifs is 3. The van der Waals surface area contributed by atoms with Crippen LogP contribution in [0.25, 0.3) is 16.6 Å². The molecule has 2 aromatic carbocycles. The average Bonchev–Trinajstić information content (AvgIpc) is 3.35. The number of primary amides is 1. The van der Waals surface area contributed by atoms with Gasteiger partial charge in [-0.2, -0.15) is 5.10 Å². The molecule has 1 amide bonds. The fourth-order valence-corrected chi connectivity index (χ4v) is 4.02. The van der Waals surface area contributed by atoms with Gasteiger partial charge in [-0.1, -0.05) is 24.3 Å². The van der Waals surface area contributed by atoms with Gasteiger partial charge in [0, 0.05) is 28.5 Å². The molecule has 0 aliphatic carbocycles. The molecular formula is C22H14N4O3. The maximum atomic E-state index is 12.2. The van der Waals surface area contributed by atoms with E-state index in [4.69, 9.17) is 20.2 Å². The molecule has 29 heavy (non-hydrogen) atoms. The highest BCUT2D eigenvalue weighted by molar-refractivity contribution is 6.23. The summed E-state index contributed by atoms with van der Waals surface area (Å²) in [6, 6.07) is 15.4. The zero-order chi connectivity index (χ0) is 19.5. The van der Waals surface area contributed by atoms with Crippen LogP contribution in [0.1, 0.15) is 21.5 Å². The minimum Gasteiger partial charge on any atom is -0.454 e. The van der Waals surface area contributed by atoms with Crippen molar-refractivity contribution in [1.29, 1.82) is 0 Å². The van der Waals surface area contributed by atoms with E-state index in [1.54, 1.807) is 4.52 Å². The summed E-state index contributed by atoms with van der Waals surface area (Å²) >= 11 is 0. The first-order chi connectivity index (χ1) is 14.2. The lowest BCUT2D eigenvalue weighted by Crippen LogP contribution is -2.14. The Morgan fingerprint density at radius 2 is 1.86 bits per heavy atom. The molecule has 2 N–H and O–H groups in total. The second kappa shape index (κ2) is 5.68. The number of nitrogens with zero attached hydrogens (tertiary/aromatic N) is 3. The van der Waals surface area contributed by atoms with Crippen LogP contribution < -0.4 is 15.2 Å². The highest BCUT2D eigenvalue weighted by Gasteiger charge is 2.28. The fourth-order valence-electron chi connectivity index (χ4n) is 4.02. The van der Waals surface area contributed by atoms with E-state index in [0.717, 1.165) is 39.2 Å². The van der Waals surface area contributed by atoms with E-state index in [1.165, 1.54) is 6.20 Å². The van der Waals surface area contributed by atoms with E-state index in [1.807, 2.05) is 54.7 Å². The van der Waals surface area contributed by atoms with Crippen LogP contribution in [0.15, 0.2) is 65.9 Å². The number of hydrogen-bond acceptors (Lipinski definition) is 5. The summed E-state index contributed by atoms with van der Waals surface area (Å²) in [6.45, 7) is 0.172. The van der Waals surface area contributed by atoms with Gasteiger partial charge >= 0.3 is 0 Å². The van der Waals surface area contributed by atoms with Crippen molar-refractivity contribution in [3.63, 3.8) is 0 Å². The van der Waals surface area contributed by atoms with Crippen LogP contribution in [0.2, 0.25) is 0 Å². The summed E-state index contributed by atoms with van der Waals surface area (Å²) < 4.78 is 13.0. The van der Waals surface area contributed by atoms with Gasteiger partial charge in [-0.05, 0) is 24.3 Å². The Bertz CT molecular complexity index is 1370. The molecule has 4 heterocycles. The summed E-state index contributed by atoms with van der Waals surface area (Å²) in [7, 11) is 0. The van der Waals surface area contributed by atoms with Crippen LogP contribution in [0.4, 0.5) is 5.69 Å². The molecule has 0 unspecified atom stereocenters. The number of carbonyl (C=O) groups is 1. The van der Waals surface area contributed by atoms with Gasteiger partial charge in [0.25, 0.3) is 5.91 Å². The number of hydrogen-bond donors (Lipinski definition) is 1. The van der Waals surface area contributed by atoms with E-state index < -0.39 is 5.91 Å². The monoisotopic (exact) mass is 382 g/mol. The third kappa shape index (κ3) is 2.15. The van der Waals surface area contributed by atoms with Crippen LogP contribution in [0.5, 0.6) is 11.5 Å². The summed E-state index contributed by atoms with van der Waals surface area (Å²) in [4.78, 5) is 17.2. The summed E-state index contributed by atoms with van der Waals surface area (Å²) in [5, 5.41) is 4.39. The highest BCUT2D eigenvalue weighted by atomic mass is 16.7. The van der Waals surface area contributed by atoms with Gasteiger partial charge in [0.05, 0.1) is 28.7 Å². The molecule has 0 bridgehead atoms. The molecule has 2 aliphatic heterocycles. The number of amides is 1. The third-order valence-electron chi connectivity index (χ3n) is 5.26. The molecule has 140 valence electrons. The molecule has 2 aliphatic rings. The van der Waals surface area contributed by atoms with E-state index in [2.05, 4.69) is 5.10 Å². The smallest absolute Gasteiger partial charge is 0.251 e. The minimum atomic E-state index is -0.530. The predicted octanol–water partition coefficient (Wildman–Crippen LogP) is 3.31. The number of aliphatic imine (C=N–C) groups is 1. The number of ether oxygens (including phenoxy) is 2. The number of carbonyl (C=O) groups excluding carboxylic acids is 1. The number of para-hydroxylation sites is 2. The molecule has 0 spiro atoms. The zero-order valence-corrected chi connectivity index (χ0v) is 15.1. The number of rotatable bonds is 2. The summed E-state index contributed by atoms with van der Waals surface area (Å²) in [5.41, 5.74) is 11.5. The quantitative estimate of drug-likeness (QED) is 0.507. The normalized spacial score (nSPS) is 13.7. The molecule has 0 saturated heterocycles. The molecule has 0 radical (unpaired) electrons. The Morgan fingerprint density at radius 1 is 1.00 bits per heavy atom. The van der Waals surface area contributed by atoms with Crippen LogP contribution in [-0.4, -0.2) is 28.0 Å². The van der Waals surface area contributed by atoms with Gasteiger partial charge in [0.2, 0.25) is 6.79 Å². The van der Waals surface area contributed by atoms with Gasteiger partial charge in [-0.3, -0.25) is 4.79 Å². The van der Waals surface area contributed by atoms with E-state index in [9.17, 15) is 4.79 Å². The van der Waals surface area contributed by atoms with Crippen molar-refractivity contribution in [2.75, 3.05) is 6.79 Å². The van der Waals surface area contributed by atoms with Crippen LogP contribution >= 0.6 is 0 Å². The van der Waals surface area contributed by atoms with Crippen molar-refractivity contribution in [3.05, 3.63) is 77.6 Å². The second-order valence-electron chi connectivity index (χ2n) is 6.84. The van der Waals surface area contributed by atoms with Gasteiger partial charge in [0.15, 0.2) is 11.5 Å². The number of nitrogens with two attached hydrogens (primary N) is 1. The molecule has 0 saturated carbocycles. The van der Waals surface area contributed by atoms with Crippen LogP contribution in [0.3, 0.4) is 0 Å². The van der Waals surface area contributed by atoms with Gasteiger partial charge < -0.3 is 15.2 Å². The first-order valence-corrected chi connectivity index (χ1v) is 9.10. The van der Waals surface area contributed by atoms with Crippen LogP contribution in [-0.2, 0) is 0 Å². The first-order valence-electron chi connectivity index (χ1n) is 9.10. The number of aromatic nitrogens is 2. The Hall–Kier alpha value is -4.13. The Morgan fingerprint density at radius 3 is 2.76 bits per heavy atom. The van der Waals surface area contributed by atoms with Crippen molar-refractivity contribution >= 4 is 22.8 Å². The Labute approximate surface area is 165 Å². The summed E-state index contributed by atoms with van der Waals surface area (Å²) in [5.74, 6) is 0.811. The predicted molar refractivity (Wildman–Crippen MR) is 107 cm³/mol. The Balaban J connectivity index is 1.77. The van der Waals surface area contributed by atoms with Crippen molar-refractivity contribution in [2.24, 2.45) is 10.7 Å². The lowest BCUT2D eigenvalue weighted by atomic mass is 9.96. The van der Waals surface area contributed by atoms with Gasteiger partial charge in [0.1, 0.15) is 0 Å². The van der Waals surface area contributed by atoms with Crippen molar-refractivity contribution in [3.8, 4) is 22.6 Å². The molecule has 2 aromatic heterocycles. The van der Waals surface area contributed by atoms with Gasteiger partial charge in [-0.15, -0.1) is 0 Å². The molecule has 6 rings (SSSR count). The standard InChI is InChI=1S/C22H14N4O3/c23-22(27)15-10-24-26-9-8-13-19(14-5-3-7-17-21(14)29-11-28-17)25-16-6-2-1-4-12(16)18(15)20(13)26/h1-10H,11H2,(H2,23,27). The maximum absolute atomic E-state index is 12.2. The fraction of sp³-hybridized carbons (Fsp3) is 0.0455. The van der Waals surface area contributed by atoms with Gasteiger partial charge in [-0.25, -0.2) is 9.51 Å². The van der Waals surface area contributed by atoms with E-state index >= 15 is 0 Å². The molecule has 4 aromatic rings. The maximum Gasteiger partial charge on any atom is 0.251 e. The third-order valence-corrected chi connectivity index (χ3v) is 5.26. The van der Waals surface area contributed by atoms with Crippen LogP contribution in [0, 0.1) is 0 Å². The first kappa shape index (κ1) is 15.9. The zero-order valence-electron chi connectivity index (χ0n) is 15.1. The number of benzene rings is 2. The van der Waals surface area contributed by atoms with Crippen molar-refractivity contribution in [1.82, 2.24) is 9.61 Å². The Kier molecular flexibility index (Phi) is 3.11. The van der Waals surface area contributed by atoms with E-state index in [0.29, 0.717) is 17.1 Å². The topological polar surface area (TPSA) is 91.2 Å². The SMILES string of the molecule is NC(=O)c1cnn2ccc3c2c1-c1ccccc1N=C3c1cccc2c1OCO2. The highest BCUT2D eigenvalue weighted by Crippen LogP contribution is 2.43. The largest absolute Gasteiger partial charge is 0.454 e.